The molecule has 1 heterocycles. The van der Waals surface area contributed by atoms with Crippen LogP contribution in [0.5, 0.6) is 0 Å². The molecule has 2 amide bonds. The van der Waals surface area contributed by atoms with Crippen molar-refractivity contribution in [2.75, 3.05) is 11.4 Å². The first kappa shape index (κ1) is 18.8. The number of anilines is 1. The van der Waals surface area contributed by atoms with Gasteiger partial charge in [-0.25, -0.2) is 0 Å². The Bertz CT molecular complexity index is 762. The first-order valence-corrected chi connectivity index (χ1v) is 10.4. The zero-order valence-electron chi connectivity index (χ0n) is 14.8. The van der Waals surface area contributed by atoms with Crippen LogP contribution in [0, 0.1) is 0 Å². The summed E-state index contributed by atoms with van der Waals surface area (Å²) in [5.41, 5.74) is 1.20. The predicted molar refractivity (Wildman–Crippen MR) is 105 cm³/mol. The van der Waals surface area contributed by atoms with Gasteiger partial charge in [-0.1, -0.05) is 53.4 Å². The molecule has 1 aromatic carbocycles. The second-order valence-electron chi connectivity index (χ2n) is 6.26. The molecule has 1 saturated carbocycles. The lowest BCUT2D eigenvalue weighted by Crippen LogP contribution is -2.32. The summed E-state index contributed by atoms with van der Waals surface area (Å²) in [6, 6.07) is 10.3. The van der Waals surface area contributed by atoms with E-state index in [9.17, 15) is 9.59 Å². The summed E-state index contributed by atoms with van der Waals surface area (Å²) in [6.45, 7) is 4.01. The molecule has 3 rings (SSSR count). The molecule has 1 aromatic heterocycles. The Morgan fingerprint density at radius 1 is 1.31 bits per heavy atom. The fourth-order valence-corrected chi connectivity index (χ4v) is 4.68. The van der Waals surface area contributed by atoms with E-state index in [0.717, 1.165) is 19.3 Å². The number of nitrogens with one attached hydrogen (secondary N) is 1. The van der Waals surface area contributed by atoms with Gasteiger partial charge in [-0.15, -0.1) is 10.2 Å². The number of aromatic nitrogens is 2. The van der Waals surface area contributed by atoms with E-state index in [2.05, 4.69) is 15.5 Å². The van der Waals surface area contributed by atoms with E-state index in [1.807, 2.05) is 37.3 Å². The Morgan fingerprint density at radius 2 is 2.04 bits per heavy atom. The van der Waals surface area contributed by atoms with E-state index in [1.165, 1.54) is 28.7 Å². The molecular weight excluding hydrogens is 368 g/mol. The molecule has 8 heteroatoms. The maximum absolute atomic E-state index is 12.3. The highest BCUT2D eigenvalue weighted by molar-refractivity contribution is 8.02. The first-order chi connectivity index (χ1) is 12.5. The second-order valence-corrected chi connectivity index (χ2v) is 8.80. The van der Waals surface area contributed by atoms with Gasteiger partial charge in [0.1, 0.15) is 0 Å². The Labute approximate surface area is 161 Å². The smallest absolute Gasteiger partial charge is 0.233 e. The van der Waals surface area contributed by atoms with Gasteiger partial charge in [-0.3, -0.25) is 14.5 Å². The van der Waals surface area contributed by atoms with Crippen molar-refractivity contribution in [2.45, 2.75) is 48.7 Å². The van der Waals surface area contributed by atoms with Crippen molar-refractivity contribution >= 4 is 40.0 Å². The molecule has 1 aliphatic carbocycles. The minimum Gasteiger partial charge on any atom is -0.355 e. The molecule has 0 aliphatic heterocycles. The van der Waals surface area contributed by atoms with Crippen molar-refractivity contribution in [2.24, 2.45) is 0 Å². The fourth-order valence-electron chi connectivity index (χ4n) is 2.55. The van der Waals surface area contributed by atoms with Crippen LogP contribution in [-0.2, 0) is 16.0 Å². The topological polar surface area (TPSA) is 75.2 Å². The van der Waals surface area contributed by atoms with Crippen LogP contribution >= 0.6 is 23.1 Å². The maximum atomic E-state index is 12.3. The van der Waals surface area contributed by atoms with E-state index in [0.29, 0.717) is 16.0 Å². The van der Waals surface area contributed by atoms with Crippen LogP contribution in [0.3, 0.4) is 0 Å². The van der Waals surface area contributed by atoms with E-state index < -0.39 is 0 Å². The highest BCUT2D eigenvalue weighted by Crippen LogP contribution is 2.36. The van der Waals surface area contributed by atoms with Gasteiger partial charge >= 0.3 is 0 Å². The molecule has 1 fully saturated rings. The van der Waals surface area contributed by atoms with Gasteiger partial charge in [-0.2, -0.15) is 0 Å². The first-order valence-electron chi connectivity index (χ1n) is 8.66. The molecule has 1 N–H and O–H groups in total. The van der Waals surface area contributed by atoms with Crippen LogP contribution in [0.2, 0.25) is 0 Å². The van der Waals surface area contributed by atoms with Gasteiger partial charge in [0.25, 0.3) is 0 Å². The number of carbonyl (C=O) groups is 2. The van der Waals surface area contributed by atoms with Crippen molar-refractivity contribution in [1.29, 1.82) is 0 Å². The largest absolute Gasteiger partial charge is 0.355 e. The van der Waals surface area contributed by atoms with Crippen LogP contribution in [0.15, 0.2) is 34.7 Å². The summed E-state index contributed by atoms with van der Waals surface area (Å²) in [6.07, 6.45) is 2.84. The highest BCUT2D eigenvalue weighted by Gasteiger charge is 2.34. The number of amides is 2. The van der Waals surface area contributed by atoms with Crippen LogP contribution in [0.4, 0.5) is 5.13 Å². The SMILES string of the molecule is CC(=O)N(c1nnc(SC(C)C(=O)NCCc2ccccc2)s1)C1CC1. The molecule has 0 saturated heterocycles. The lowest BCUT2D eigenvalue weighted by molar-refractivity contribution is -0.120. The number of carbonyl (C=O) groups excluding carboxylic acids is 2. The standard InChI is InChI=1S/C18H22N4O2S2/c1-12(16(24)19-11-10-14-6-4-3-5-7-14)25-18-21-20-17(26-18)22(13(2)23)15-8-9-15/h3-7,12,15H,8-11H2,1-2H3,(H,19,24). The summed E-state index contributed by atoms with van der Waals surface area (Å²) in [5, 5.41) is 11.6. The second kappa shape index (κ2) is 8.64. The molecule has 6 nitrogen and oxygen atoms in total. The zero-order chi connectivity index (χ0) is 18.5. The van der Waals surface area contributed by atoms with Gasteiger partial charge < -0.3 is 5.32 Å². The number of benzene rings is 1. The van der Waals surface area contributed by atoms with E-state index in [4.69, 9.17) is 0 Å². The Kier molecular flexibility index (Phi) is 6.26. The summed E-state index contributed by atoms with van der Waals surface area (Å²) in [7, 11) is 0. The lowest BCUT2D eigenvalue weighted by atomic mass is 10.1. The minimum absolute atomic E-state index is 0.00750. The summed E-state index contributed by atoms with van der Waals surface area (Å²) < 4.78 is 0.706. The Hall–Kier alpha value is -1.93. The Morgan fingerprint density at radius 3 is 2.69 bits per heavy atom. The van der Waals surface area contributed by atoms with Crippen molar-refractivity contribution in [3.8, 4) is 0 Å². The lowest BCUT2D eigenvalue weighted by Gasteiger charge is -2.15. The number of rotatable bonds is 8. The van der Waals surface area contributed by atoms with Crippen LogP contribution in [0.1, 0.15) is 32.3 Å². The fraction of sp³-hybridized carbons (Fsp3) is 0.444. The molecule has 1 aliphatic rings. The van der Waals surface area contributed by atoms with Crippen LogP contribution < -0.4 is 10.2 Å². The normalized spacial score (nSPS) is 14.7. The summed E-state index contributed by atoms with van der Waals surface area (Å²) in [5.74, 6) is -0.0276. The number of thioether (sulfide) groups is 1. The van der Waals surface area contributed by atoms with Gasteiger partial charge in [-0.05, 0) is 31.7 Å². The monoisotopic (exact) mass is 390 g/mol. The van der Waals surface area contributed by atoms with Gasteiger partial charge in [0, 0.05) is 19.5 Å². The van der Waals surface area contributed by atoms with Crippen molar-refractivity contribution in [3.63, 3.8) is 0 Å². The van der Waals surface area contributed by atoms with Crippen molar-refractivity contribution in [3.05, 3.63) is 35.9 Å². The third-order valence-electron chi connectivity index (χ3n) is 4.06. The van der Waals surface area contributed by atoms with Gasteiger partial charge in [0.05, 0.1) is 5.25 Å². The predicted octanol–water partition coefficient (Wildman–Crippen LogP) is 2.89. The Balaban J connectivity index is 1.49. The van der Waals surface area contributed by atoms with Gasteiger partial charge in [0.15, 0.2) is 4.34 Å². The van der Waals surface area contributed by atoms with Gasteiger partial charge in [0.2, 0.25) is 16.9 Å². The van der Waals surface area contributed by atoms with Crippen molar-refractivity contribution < 1.29 is 9.59 Å². The molecule has 0 radical (unpaired) electrons. The zero-order valence-corrected chi connectivity index (χ0v) is 16.5. The average molecular weight is 391 g/mol. The van der Waals surface area contributed by atoms with Crippen LogP contribution in [-0.4, -0.2) is 39.8 Å². The third-order valence-corrected chi connectivity index (χ3v) is 6.16. The van der Waals surface area contributed by atoms with E-state index >= 15 is 0 Å². The molecule has 26 heavy (non-hydrogen) atoms. The number of hydrogen-bond donors (Lipinski definition) is 1. The summed E-state index contributed by atoms with van der Waals surface area (Å²) in [4.78, 5) is 25.8. The number of nitrogens with zero attached hydrogens (tertiary/aromatic N) is 3. The maximum Gasteiger partial charge on any atom is 0.233 e. The molecule has 2 aromatic rings. The minimum atomic E-state index is -0.265. The summed E-state index contributed by atoms with van der Waals surface area (Å²) >= 11 is 2.74. The molecule has 1 atom stereocenters. The molecule has 0 bridgehead atoms. The third kappa shape index (κ3) is 5.04. The van der Waals surface area contributed by atoms with Crippen molar-refractivity contribution in [1.82, 2.24) is 15.5 Å². The van der Waals surface area contributed by atoms with Crippen LogP contribution in [0.25, 0.3) is 0 Å². The quantitative estimate of drug-likeness (QED) is 0.554. The average Bonchev–Trinajstić information content (AvgIpc) is 3.34. The molecule has 1 unspecified atom stereocenters. The molecular formula is C18H22N4O2S2. The van der Waals surface area contributed by atoms with E-state index in [1.54, 1.807) is 11.8 Å². The highest BCUT2D eigenvalue weighted by atomic mass is 32.2. The molecule has 0 spiro atoms. The molecule has 138 valence electrons. The number of hydrogen-bond acceptors (Lipinski definition) is 6. The van der Waals surface area contributed by atoms with E-state index in [-0.39, 0.29) is 23.1 Å².